The zero-order chi connectivity index (χ0) is 13.6. The van der Waals surface area contributed by atoms with Gasteiger partial charge in [0.25, 0.3) is 0 Å². The van der Waals surface area contributed by atoms with Gasteiger partial charge in [-0.25, -0.2) is 18.1 Å². The normalized spacial score (nSPS) is 13.5. The molecule has 1 aromatic heterocycles. The van der Waals surface area contributed by atoms with Gasteiger partial charge in [-0.15, -0.1) is 0 Å². The van der Waals surface area contributed by atoms with Gasteiger partial charge in [-0.1, -0.05) is 24.6 Å². The van der Waals surface area contributed by atoms with Gasteiger partial charge in [0.15, 0.2) is 0 Å². The fourth-order valence-electron chi connectivity index (χ4n) is 1.35. The van der Waals surface area contributed by atoms with Gasteiger partial charge < -0.3 is 5.11 Å². The Hall–Kier alpha value is -0.690. The molecule has 0 aliphatic heterocycles. The number of halogens is 1. The van der Waals surface area contributed by atoms with Gasteiger partial charge in [0.1, 0.15) is 5.15 Å². The lowest BCUT2D eigenvalue weighted by Gasteiger charge is -2.11. The monoisotopic (exact) mass is 292 g/mol. The molecule has 2 N–H and O–H groups in total. The molecule has 0 aromatic carbocycles. The van der Waals surface area contributed by atoms with Crippen molar-refractivity contribution in [1.82, 2.24) is 9.71 Å². The molecule has 1 heterocycles. The van der Waals surface area contributed by atoms with E-state index in [1.54, 1.807) is 12.1 Å². The Bertz CT molecular complexity index is 462. The molecule has 0 radical (unpaired) electrons. The zero-order valence-corrected chi connectivity index (χ0v) is 11.7. The summed E-state index contributed by atoms with van der Waals surface area (Å²) in [5.41, 5.74) is 0.585. The Morgan fingerprint density at radius 1 is 1.50 bits per heavy atom. The molecular weight excluding hydrogens is 276 g/mol. The van der Waals surface area contributed by atoms with Crippen molar-refractivity contribution in [3.63, 3.8) is 0 Å². The van der Waals surface area contributed by atoms with Gasteiger partial charge in [0.2, 0.25) is 10.0 Å². The number of aromatic nitrogens is 1. The quantitative estimate of drug-likeness (QED) is 0.740. The molecule has 0 fully saturated rings. The Balaban J connectivity index is 2.52. The molecular formula is C11H17ClN2O3S. The van der Waals surface area contributed by atoms with Crippen LogP contribution in [0.25, 0.3) is 0 Å². The second-order valence-corrected chi connectivity index (χ2v) is 6.41. The van der Waals surface area contributed by atoms with Crippen molar-refractivity contribution in [1.29, 1.82) is 0 Å². The maximum Gasteiger partial charge on any atom is 0.215 e. The van der Waals surface area contributed by atoms with Crippen LogP contribution in [0.5, 0.6) is 0 Å². The fraction of sp³-hybridized carbons (Fsp3) is 0.545. The van der Waals surface area contributed by atoms with E-state index in [4.69, 9.17) is 16.7 Å². The average molecular weight is 293 g/mol. The summed E-state index contributed by atoms with van der Waals surface area (Å²) >= 11 is 5.62. The van der Waals surface area contributed by atoms with Gasteiger partial charge in [-0.3, -0.25) is 0 Å². The van der Waals surface area contributed by atoms with Crippen LogP contribution in [-0.4, -0.2) is 31.7 Å². The number of aliphatic hydroxyl groups excluding tert-OH is 1. The summed E-state index contributed by atoms with van der Waals surface area (Å²) in [4.78, 5) is 3.83. The molecule has 0 saturated carbocycles. The summed E-state index contributed by atoms with van der Waals surface area (Å²) in [7, 11) is -3.38. The van der Waals surface area contributed by atoms with Crippen molar-refractivity contribution in [3.05, 3.63) is 29.0 Å². The summed E-state index contributed by atoms with van der Waals surface area (Å²) in [6, 6.07) is 3.19. The van der Waals surface area contributed by atoms with Crippen molar-refractivity contribution in [2.75, 3.05) is 13.2 Å². The first-order valence-corrected chi connectivity index (χ1v) is 7.64. The first-order chi connectivity index (χ1) is 8.43. The molecule has 5 nitrogen and oxygen atoms in total. The third-order valence-corrected chi connectivity index (χ3v) is 3.96. The molecule has 1 aromatic rings. The molecule has 0 amide bonds. The van der Waals surface area contributed by atoms with Gasteiger partial charge in [-0.2, -0.15) is 0 Å². The van der Waals surface area contributed by atoms with Gasteiger partial charge >= 0.3 is 0 Å². The minimum absolute atomic E-state index is 0.0595. The Morgan fingerprint density at radius 3 is 2.78 bits per heavy atom. The largest absolute Gasteiger partial charge is 0.396 e. The first-order valence-electron chi connectivity index (χ1n) is 5.61. The van der Waals surface area contributed by atoms with Crippen molar-refractivity contribution >= 4 is 21.6 Å². The number of aliphatic hydroxyl groups is 1. The van der Waals surface area contributed by atoms with Gasteiger partial charge in [-0.05, 0) is 24.0 Å². The number of nitrogens with zero attached hydrogens (tertiary/aromatic N) is 1. The van der Waals surface area contributed by atoms with Crippen LogP contribution in [0.2, 0.25) is 5.15 Å². The summed E-state index contributed by atoms with van der Waals surface area (Å²) in [6.07, 6.45) is 2.02. The summed E-state index contributed by atoms with van der Waals surface area (Å²) < 4.78 is 26.0. The van der Waals surface area contributed by atoms with E-state index in [-0.39, 0.29) is 18.3 Å². The molecule has 0 aliphatic rings. The second-order valence-electron chi connectivity index (χ2n) is 4.21. The standard InChI is InChI=1S/C11H17ClN2O3S/c1-9(4-5-15)6-14-18(16,17)8-10-2-3-11(12)13-7-10/h2-3,7,9,14-15H,4-6,8H2,1H3. The summed E-state index contributed by atoms with van der Waals surface area (Å²) in [5.74, 6) is -0.0173. The number of hydrogen-bond donors (Lipinski definition) is 2. The van der Waals surface area contributed by atoms with E-state index < -0.39 is 10.0 Å². The van der Waals surface area contributed by atoms with Crippen LogP contribution in [-0.2, 0) is 15.8 Å². The molecule has 0 aliphatic carbocycles. The predicted octanol–water partition coefficient (Wildman–Crippen LogP) is 1.17. The third kappa shape index (κ3) is 5.77. The topological polar surface area (TPSA) is 79.3 Å². The van der Waals surface area contributed by atoms with E-state index in [2.05, 4.69) is 9.71 Å². The number of pyridine rings is 1. The third-order valence-electron chi connectivity index (χ3n) is 2.42. The molecule has 1 atom stereocenters. The van der Waals surface area contributed by atoms with Crippen LogP contribution in [0.15, 0.2) is 18.3 Å². The second kappa shape index (κ2) is 7.04. The zero-order valence-electron chi connectivity index (χ0n) is 10.1. The van der Waals surface area contributed by atoms with Crippen LogP contribution in [0.4, 0.5) is 0 Å². The predicted molar refractivity (Wildman–Crippen MR) is 70.7 cm³/mol. The van der Waals surface area contributed by atoms with Crippen LogP contribution in [0, 0.1) is 5.92 Å². The SMILES string of the molecule is CC(CCO)CNS(=O)(=O)Cc1ccc(Cl)nc1. The maximum atomic E-state index is 11.8. The highest BCUT2D eigenvalue weighted by Gasteiger charge is 2.13. The molecule has 7 heteroatoms. The van der Waals surface area contributed by atoms with Crippen molar-refractivity contribution in [2.24, 2.45) is 5.92 Å². The van der Waals surface area contributed by atoms with Gasteiger partial charge in [0.05, 0.1) is 5.75 Å². The van der Waals surface area contributed by atoms with E-state index in [1.165, 1.54) is 6.20 Å². The van der Waals surface area contributed by atoms with E-state index in [0.717, 1.165) is 0 Å². The average Bonchev–Trinajstić information content (AvgIpc) is 2.30. The minimum Gasteiger partial charge on any atom is -0.396 e. The highest BCUT2D eigenvalue weighted by atomic mass is 35.5. The van der Waals surface area contributed by atoms with Crippen LogP contribution in [0.3, 0.4) is 0 Å². The summed E-state index contributed by atoms with van der Waals surface area (Å²) in [5, 5.41) is 9.06. The van der Waals surface area contributed by atoms with Crippen LogP contribution >= 0.6 is 11.6 Å². The molecule has 18 heavy (non-hydrogen) atoms. The number of sulfonamides is 1. The number of hydrogen-bond acceptors (Lipinski definition) is 4. The lowest BCUT2D eigenvalue weighted by Crippen LogP contribution is -2.29. The Kier molecular flexibility index (Phi) is 6.01. The van der Waals surface area contributed by atoms with Crippen molar-refractivity contribution in [3.8, 4) is 0 Å². The first kappa shape index (κ1) is 15.4. The molecule has 1 unspecified atom stereocenters. The molecule has 0 spiro atoms. The van der Waals surface area contributed by atoms with Gasteiger partial charge in [0, 0.05) is 19.3 Å². The molecule has 0 bridgehead atoms. The van der Waals surface area contributed by atoms with Crippen LogP contribution < -0.4 is 4.72 Å². The number of nitrogens with one attached hydrogen (secondary N) is 1. The Labute approximate surface area is 112 Å². The van der Waals surface area contributed by atoms with E-state index in [1.807, 2.05) is 6.92 Å². The summed E-state index contributed by atoms with van der Waals surface area (Å²) in [6.45, 7) is 2.26. The highest BCUT2D eigenvalue weighted by molar-refractivity contribution is 7.88. The Morgan fingerprint density at radius 2 is 2.22 bits per heavy atom. The smallest absolute Gasteiger partial charge is 0.215 e. The highest BCUT2D eigenvalue weighted by Crippen LogP contribution is 2.08. The van der Waals surface area contributed by atoms with E-state index >= 15 is 0 Å². The van der Waals surface area contributed by atoms with E-state index in [9.17, 15) is 8.42 Å². The lowest BCUT2D eigenvalue weighted by molar-refractivity contribution is 0.263. The number of rotatable bonds is 7. The molecule has 0 saturated heterocycles. The lowest BCUT2D eigenvalue weighted by atomic mass is 10.1. The van der Waals surface area contributed by atoms with Crippen molar-refractivity contribution < 1.29 is 13.5 Å². The molecule has 102 valence electrons. The minimum atomic E-state index is -3.38. The maximum absolute atomic E-state index is 11.8. The van der Waals surface area contributed by atoms with E-state index in [0.29, 0.717) is 23.7 Å². The van der Waals surface area contributed by atoms with Crippen molar-refractivity contribution in [2.45, 2.75) is 19.1 Å². The fourth-order valence-corrected chi connectivity index (χ4v) is 2.72. The van der Waals surface area contributed by atoms with Crippen LogP contribution in [0.1, 0.15) is 18.9 Å². The molecule has 1 rings (SSSR count).